The lowest BCUT2D eigenvalue weighted by molar-refractivity contribution is 0.540. The summed E-state index contributed by atoms with van der Waals surface area (Å²) >= 11 is 0. The molecule has 18 heavy (non-hydrogen) atoms. The van der Waals surface area contributed by atoms with Gasteiger partial charge in [0.2, 0.25) is 0 Å². The van der Waals surface area contributed by atoms with Crippen molar-refractivity contribution in [1.29, 1.82) is 0 Å². The summed E-state index contributed by atoms with van der Waals surface area (Å²) in [5.74, 6) is 0. The van der Waals surface area contributed by atoms with Crippen molar-refractivity contribution in [2.45, 2.75) is 58.3 Å². The first-order chi connectivity index (χ1) is 8.58. The number of hydrogen-bond donors (Lipinski definition) is 0. The monoisotopic (exact) mass is 280 g/mol. The Morgan fingerprint density at radius 3 is 1.89 bits per heavy atom. The second-order valence-corrected chi connectivity index (χ2v) is 13.7. The summed E-state index contributed by atoms with van der Waals surface area (Å²) in [4.78, 5) is 0. The molecule has 1 nitrogen and oxygen atoms in total. The maximum absolute atomic E-state index is 6.81. The zero-order chi connectivity index (χ0) is 13.6. The van der Waals surface area contributed by atoms with E-state index in [1.165, 1.54) is 23.3 Å². The number of rotatable bonds is 7. The van der Waals surface area contributed by atoms with Gasteiger partial charge in [-0.2, -0.15) is 0 Å². The van der Waals surface area contributed by atoms with E-state index < -0.39 is 17.4 Å². The fourth-order valence-corrected chi connectivity index (χ4v) is 11.2. The van der Waals surface area contributed by atoms with E-state index in [2.05, 4.69) is 65.0 Å². The maximum atomic E-state index is 6.81. The molecule has 0 spiro atoms. The molecule has 3 heteroatoms. The highest BCUT2D eigenvalue weighted by Crippen LogP contribution is 2.25. The normalized spacial score (nSPS) is 13.9. The molecule has 0 fully saturated rings. The Bertz CT molecular complexity index is 325. The van der Waals surface area contributed by atoms with Gasteiger partial charge in [-0.3, -0.25) is 0 Å². The molecule has 102 valence electrons. The van der Waals surface area contributed by atoms with Crippen LogP contribution in [0, 0.1) is 0 Å². The van der Waals surface area contributed by atoms with Gasteiger partial charge in [0.15, 0.2) is 17.4 Å². The van der Waals surface area contributed by atoms with E-state index in [0.29, 0.717) is 5.54 Å². The Hall–Kier alpha value is -0.386. The van der Waals surface area contributed by atoms with Gasteiger partial charge < -0.3 is 4.12 Å². The molecule has 0 amide bonds. The molecule has 0 bridgehead atoms. The van der Waals surface area contributed by atoms with Gasteiger partial charge in [0.05, 0.1) is 0 Å². The average molecular weight is 281 g/mol. The molecule has 1 rings (SSSR count). The highest BCUT2D eigenvalue weighted by atomic mass is 28.4. The summed E-state index contributed by atoms with van der Waals surface area (Å²) in [6.45, 7) is 11.6. The fourth-order valence-electron chi connectivity index (χ4n) is 2.50. The van der Waals surface area contributed by atoms with Crippen molar-refractivity contribution in [3.63, 3.8) is 0 Å². The minimum Gasteiger partial charge on any atom is -0.454 e. The lowest BCUT2D eigenvalue weighted by atomic mass is 10.4. The quantitative estimate of drug-likeness (QED) is 0.685. The van der Waals surface area contributed by atoms with Gasteiger partial charge in [0.1, 0.15) is 0 Å². The highest BCUT2D eigenvalue weighted by Gasteiger charge is 2.34. The smallest absolute Gasteiger partial charge is 0.198 e. The molecule has 0 heterocycles. The lowest BCUT2D eigenvalue weighted by Crippen LogP contribution is -2.48. The molecule has 1 aromatic rings. The van der Waals surface area contributed by atoms with Crippen LogP contribution in [0.3, 0.4) is 0 Å². The minimum absolute atomic E-state index is 0.670. The van der Waals surface area contributed by atoms with Crippen molar-refractivity contribution in [1.82, 2.24) is 0 Å². The van der Waals surface area contributed by atoms with Crippen molar-refractivity contribution in [2.75, 3.05) is 0 Å². The Balaban J connectivity index is 2.94. The van der Waals surface area contributed by atoms with E-state index in [9.17, 15) is 0 Å². The molecule has 1 unspecified atom stereocenters. The van der Waals surface area contributed by atoms with Crippen LogP contribution in [0.5, 0.6) is 0 Å². The Morgan fingerprint density at radius 2 is 1.50 bits per heavy atom. The summed E-state index contributed by atoms with van der Waals surface area (Å²) < 4.78 is 6.81. The highest BCUT2D eigenvalue weighted by molar-refractivity contribution is 6.84. The van der Waals surface area contributed by atoms with E-state index in [0.717, 1.165) is 0 Å². The molecular weight excluding hydrogens is 252 g/mol. The molecule has 0 saturated carbocycles. The molecular formula is C15H28OSi2. The summed E-state index contributed by atoms with van der Waals surface area (Å²) in [6, 6.07) is 14.7. The van der Waals surface area contributed by atoms with Gasteiger partial charge in [-0.05, 0) is 28.9 Å². The van der Waals surface area contributed by atoms with Crippen molar-refractivity contribution < 1.29 is 4.12 Å². The van der Waals surface area contributed by atoms with Crippen LogP contribution in [0.4, 0.5) is 0 Å². The summed E-state index contributed by atoms with van der Waals surface area (Å²) in [5.41, 5.74) is 0.670. The van der Waals surface area contributed by atoms with Crippen LogP contribution in [0.1, 0.15) is 34.6 Å². The van der Waals surface area contributed by atoms with E-state index in [4.69, 9.17) is 4.12 Å². The van der Waals surface area contributed by atoms with Crippen molar-refractivity contribution in [3.8, 4) is 0 Å². The second kappa shape index (κ2) is 7.26. The van der Waals surface area contributed by atoms with Crippen LogP contribution in [-0.2, 0) is 4.12 Å². The standard InChI is InChI=1S/C15H28OSi2/c1-6-18(7-2,8-3)16-17(14(4)5)15-12-10-9-11-13-15/h9-14,17H,6-8H2,1-5H3. The van der Waals surface area contributed by atoms with Crippen molar-refractivity contribution in [3.05, 3.63) is 30.3 Å². The third-order valence-electron chi connectivity index (χ3n) is 4.04. The second-order valence-electron chi connectivity index (χ2n) is 5.44. The third kappa shape index (κ3) is 3.80. The Kier molecular flexibility index (Phi) is 6.32. The third-order valence-corrected chi connectivity index (χ3v) is 13.2. The molecule has 0 aliphatic carbocycles. The van der Waals surface area contributed by atoms with Crippen molar-refractivity contribution >= 4 is 22.5 Å². The van der Waals surface area contributed by atoms with Crippen LogP contribution >= 0.6 is 0 Å². The SMILES string of the molecule is CC[Si](CC)(CC)O[SiH](c1ccccc1)C(C)C. The van der Waals surface area contributed by atoms with Crippen LogP contribution in [0.15, 0.2) is 30.3 Å². The fraction of sp³-hybridized carbons (Fsp3) is 0.600. The molecule has 0 N–H and O–H groups in total. The molecule has 0 radical (unpaired) electrons. The van der Waals surface area contributed by atoms with E-state index in [1.807, 2.05) is 0 Å². The van der Waals surface area contributed by atoms with E-state index in [1.54, 1.807) is 0 Å². The van der Waals surface area contributed by atoms with Gasteiger partial charge in [-0.15, -0.1) is 0 Å². The first-order valence-electron chi connectivity index (χ1n) is 7.31. The van der Waals surface area contributed by atoms with Crippen LogP contribution in [0.25, 0.3) is 0 Å². The summed E-state index contributed by atoms with van der Waals surface area (Å²) in [6.07, 6.45) is 0. The number of hydrogen-bond acceptors (Lipinski definition) is 1. The van der Waals surface area contributed by atoms with Crippen LogP contribution < -0.4 is 5.19 Å². The number of benzene rings is 1. The van der Waals surface area contributed by atoms with Crippen LogP contribution in [-0.4, -0.2) is 17.4 Å². The molecule has 0 aliphatic rings. The zero-order valence-corrected chi connectivity index (χ0v) is 14.7. The molecule has 0 aromatic heterocycles. The molecule has 0 aliphatic heterocycles. The average Bonchev–Trinajstić information content (AvgIpc) is 2.42. The molecule has 1 atom stereocenters. The minimum atomic E-state index is -1.46. The maximum Gasteiger partial charge on any atom is 0.198 e. The summed E-state index contributed by atoms with van der Waals surface area (Å²) in [5, 5.41) is 1.47. The zero-order valence-electron chi connectivity index (χ0n) is 12.6. The molecule has 0 saturated heterocycles. The lowest BCUT2D eigenvalue weighted by Gasteiger charge is -2.35. The van der Waals surface area contributed by atoms with Gasteiger partial charge in [-0.25, -0.2) is 0 Å². The van der Waals surface area contributed by atoms with Gasteiger partial charge >= 0.3 is 0 Å². The largest absolute Gasteiger partial charge is 0.454 e. The van der Waals surface area contributed by atoms with Gasteiger partial charge in [0, 0.05) is 0 Å². The Morgan fingerprint density at radius 1 is 1.00 bits per heavy atom. The van der Waals surface area contributed by atoms with Crippen molar-refractivity contribution in [2.24, 2.45) is 0 Å². The predicted octanol–water partition coefficient (Wildman–Crippen LogP) is 4.05. The first kappa shape index (κ1) is 15.7. The topological polar surface area (TPSA) is 9.23 Å². The molecule has 1 aromatic carbocycles. The van der Waals surface area contributed by atoms with E-state index in [-0.39, 0.29) is 0 Å². The van der Waals surface area contributed by atoms with E-state index >= 15 is 0 Å². The first-order valence-corrected chi connectivity index (χ1v) is 11.6. The predicted molar refractivity (Wildman–Crippen MR) is 86.6 cm³/mol. The summed E-state index contributed by atoms with van der Waals surface area (Å²) in [7, 11) is -2.75. The Labute approximate surface area is 115 Å². The van der Waals surface area contributed by atoms with Crippen LogP contribution in [0.2, 0.25) is 23.7 Å². The van der Waals surface area contributed by atoms with Gasteiger partial charge in [-0.1, -0.05) is 65.0 Å². The van der Waals surface area contributed by atoms with Gasteiger partial charge in [0.25, 0.3) is 0 Å².